The molecule has 0 saturated carbocycles. The number of aromatic nitrogens is 1. The number of nitrogens with two attached hydrogens (primary N) is 1. The minimum absolute atomic E-state index is 0.637. The van der Waals surface area contributed by atoms with Crippen molar-refractivity contribution in [3.63, 3.8) is 0 Å². The zero-order valence-corrected chi connectivity index (χ0v) is 19.8. The zero-order chi connectivity index (χ0) is 24.2. The SMILES string of the molecule is CC1=NN(C(N)=O)NN1c1ccc(Cc2ccc(-c3ccc(CN4CCNCC4)cn3)cc2)cc1. The first-order chi connectivity index (χ1) is 17.0. The third kappa shape index (κ3) is 5.48. The lowest BCUT2D eigenvalue weighted by Gasteiger charge is -2.27. The minimum Gasteiger partial charge on any atom is -0.349 e. The molecule has 2 aliphatic rings. The summed E-state index contributed by atoms with van der Waals surface area (Å²) in [5.74, 6) is 0.637. The summed E-state index contributed by atoms with van der Waals surface area (Å²) < 4.78 is 0. The van der Waals surface area contributed by atoms with E-state index in [-0.39, 0.29) is 0 Å². The molecule has 5 rings (SSSR count). The Morgan fingerprint density at radius 2 is 1.60 bits per heavy atom. The maximum Gasteiger partial charge on any atom is 0.352 e. The van der Waals surface area contributed by atoms with E-state index < -0.39 is 6.03 Å². The number of urea groups is 1. The number of hydrazone groups is 1. The summed E-state index contributed by atoms with van der Waals surface area (Å²) in [6.07, 6.45) is 2.82. The van der Waals surface area contributed by atoms with Gasteiger partial charge in [-0.1, -0.05) is 42.5 Å². The number of nitrogens with one attached hydrogen (secondary N) is 2. The number of piperazine rings is 1. The van der Waals surface area contributed by atoms with Gasteiger partial charge >= 0.3 is 6.03 Å². The highest BCUT2D eigenvalue weighted by atomic mass is 16.2. The van der Waals surface area contributed by atoms with E-state index in [0.29, 0.717) is 5.84 Å². The van der Waals surface area contributed by atoms with Crippen molar-refractivity contribution in [2.45, 2.75) is 19.9 Å². The van der Waals surface area contributed by atoms with Crippen molar-refractivity contribution in [3.8, 4) is 11.3 Å². The number of hydrogen-bond acceptors (Lipinski definition) is 7. The van der Waals surface area contributed by atoms with Crippen LogP contribution in [0.4, 0.5) is 10.5 Å². The molecule has 180 valence electrons. The van der Waals surface area contributed by atoms with Crippen LogP contribution >= 0.6 is 0 Å². The molecule has 2 amide bonds. The highest BCUT2D eigenvalue weighted by molar-refractivity contribution is 5.97. The third-order valence-electron chi connectivity index (χ3n) is 6.26. The summed E-state index contributed by atoms with van der Waals surface area (Å²) in [6.45, 7) is 7.05. The predicted molar refractivity (Wildman–Crippen MR) is 137 cm³/mol. The van der Waals surface area contributed by atoms with Crippen LogP contribution in [0.5, 0.6) is 0 Å². The van der Waals surface area contributed by atoms with E-state index in [0.717, 1.165) is 61.2 Å². The van der Waals surface area contributed by atoms with E-state index in [1.54, 1.807) is 11.9 Å². The molecule has 35 heavy (non-hydrogen) atoms. The molecule has 2 aromatic carbocycles. The Hall–Kier alpha value is -3.79. The summed E-state index contributed by atoms with van der Waals surface area (Å²) in [4.78, 5) is 18.5. The number of benzene rings is 2. The van der Waals surface area contributed by atoms with E-state index in [9.17, 15) is 4.79 Å². The minimum atomic E-state index is -0.659. The van der Waals surface area contributed by atoms with E-state index in [2.05, 4.69) is 69.4 Å². The fourth-order valence-electron chi connectivity index (χ4n) is 4.33. The van der Waals surface area contributed by atoms with Crippen molar-refractivity contribution in [2.75, 3.05) is 31.2 Å². The smallest absolute Gasteiger partial charge is 0.349 e. The van der Waals surface area contributed by atoms with Gasteiger partial charge in [0.2, 0.25) is 0 Å². The Labute approximate surface area is 205 Å². The molecule has 0 spiro atoms. The Bertz CT molecular complexity index is 1190. The number of hydrazine groups is 2. The van der Waals surface area contributed by atoms with Gasteiger partial charge in [-0.25, -0.2) is 9.80 Å². The van der Waals surface area contributed by atoms with Gasteiger partial charge in [-0.2, -0.15) is 0 Å². The van der Waals surface area contributed by atoms with Crippen molar-refractivity contribution in [3.05, 3.63) is 83.6 Å². The first-order valence-corrected chi connectivity index (χ1v) is 11.8. The Morgan fingerprint density at radius 3 is 2.20 bits per heavy atom. The van der Waals surface area contributed by atoms with E-state index in [1.165, 1.54) is 16.7 Å². The molecule has 0 radical (unpaired) electrons. The number of primary amides is 1. The molecule has 4 N–H and O–H groups in total. The van der Waals surface area contributed by atoms with Gasteiger partial charge in [0, 0.05) is 44.5 Å². The third-order valence-corrected chi connectivity index (χ3v) is 6.26. The Kier molecular flexibility index (Phi) is 6.71. The van der Waals surface area contributed by atoms with Crippen LogP contribution in [0.15, 0.2) is 72.0 Å². The molecule has 2 aliphatic heterocycles. The van der Waals surface area contributed by atoms with Crippen LogP contribution in [0.2, 0.25) is 0 Å². The number of amidine groups is 1. The molecule has 9 nitrogen and oxygen atoms in total. The molecule has 3 aromatic rings. The second kappa shape index (κ2) is 10.2. The molecule has 3 heterocycles. The van der Waals surface area contributed by atoms with Crippen LogP contribution in [0, 0.1) is 0 Å². The molecule has 0 aliphatic carbocycles. The molecule has 0 atom stereocenters. The lowest BCUT2D eigenvalue weighted by Crippen LogP contribution is -2.46. The fraction of sp³-hybridized carbons (Fsp3) is 0.269. The average molecular weight is 471 g/mol. The molecule has 1 saturated heterocycles. The van der Waals surface area contributed by atoms with Gasteiger partial charge in [0.1, 0.15) is 5.84 Å². The number of nitrogens with zero attached hydrogens (tertiary/aromatic N) is 5. The maximum absolute atomic E-state index is 11.3. The summed E-state index contributed by atoms with van der Waals surface area (Å²) in [7, 11) is 0. The molecule has 0 unspecified atom stereocenters. The van der Waals surface area contributed by atoms with Gasteiger partial charge in [-0.3, -0.25) is 9.88 Å². The van der Waals surface area contributed by atoms with Gasteiger partial charge in [-0.15, -0.1) is 15.8 Å². The lowest BCUT2D eigenvalue weighted by atomic mass is 10.0. The van der Waals surface area contributed by atoms with Gasteiger partial charge in [0.05, 0.1) is 11.4 Å². The molecule has 1 aromatic heterocycles. The molecule has 1 fully saturated rings. The van der Waals surface area contributed by atoms with Crippen molar-refractivity contribution in [2.24, 2.45) is 10.8 Å². The summed E-state index contributed by atoms with van der Waals surface area (Å²) in [5.41, 5.74) is 14.8. The lowest BCUT2D eigenvalue weighted by molar-refractivity contribution is 0.192. The number of carbonyl (C=O) groups excluding carboxylic acids is 1. The topological polar surface area (TPSA) is 102 Å². The highest BCUT2D eigenvalue weighted by Gasteiger charge is 2.23. The van der Waals surface area contributed by atoms with Crippen LogP contribution in [-0.4, -0.2) is 53.0 Å². The molecule has 9 heteroatoms. The largest absolute Gasteiger partial charge is 0.352 e. The van der Waals surface area contributed by atoms with Crippen molar-refractivity contribution in [1.29, 1.82) is 0 Å². The number of carbonyl (C=O) groups is 1. The number of pyridine rings is 1. The van der Waals surface area contributed by atoms with E-state index in [4.69, 9.17) is 10.7 Å². The summed E-state index contributed by atoms with van der Waals surface area (Å²) in [5, 5.41) is 10.2. The van der Waals surface area contributed by atoms with Gasteiger partial charge < -0.3 is 11.1 Å². The van der Waals surface area contributed by atoms with Crippen molar-refractivity contribution >= 4 is 17.6 Å². The predicted octanol–water partition coefficient (Wildman–Crippen LogP) is 2.70. The van der Waals surface area contributed by atoms with Crippen molar-refractivity contribution < 1.29 is 4.79 Å². The monoisotopic (exact) mass is 470 g/mol. The molecule has 0 bridgehead atoms. The first-order valence-electron chi connectivity index (χ1n) is 11.8. The second-order valence-electron chi connectivity index (χ2n) is 8.85. The fourth-order valence-corrected chi connectivity index (χ4v) is 4.33. The normalized spacial score (nSPS) is 16.4. The Balaban J connectivity index is 1.19. The van der Waals surface area contributed by atoms with E-state index in [1.807, 2.05) is 18.3 Å². The van der Waals surface area contributed by atoms with Gasteiger partial charge in [-0.05, 0) is 48.2 Å². The number of hydrogen-bond donors (Lipinski definition) is 3. The van der Waals surface area contributed by atoms with Crippen molar-refractivity contribution in [1.82, 2.24) is 25.9 Å². The van der Waals surface area contributed by atoms with Gasteiger partial charge in [0.25, 0.3) is 0 Å². The average Bonchev–Trinajstić information content (AvgIpc) is 3.28. The van der Waals surface area contributed by atoms with Crippen LogP contribution in [0.3, 0.4) is 0 Å². The maximum atomic E-state index is 11.3. The first kappa shape index (κ1) is 23.0. The van der Waals surface area contributed by atoms with Crippen LogP contribution in [0.1, 0.15) is 23.6 Å². The number of rotatable bonds is 6. The molecular formula is C26H30N8O. The standard InChI is InChI=1S/C26H30N8O/c1-19-30-34(26(27)35)31-33(19)24-9-4-21(5-10-24)16-20-2-7-23(8-3-20)25-11-6-22(17-29-25)18-32-14-12-28-13-15-32/h2-11,17,28,31H,12-16,18H2,1H3,(H2,27,35). The highest BCUT2D eigenvalue weighted by Crippen LogP contribution is 2.22. The summed E-state index contributed by atoms with van der Waals surface area (Å²) in [6, 6.07) is 20.3. The summed E-state index contributed by atoms with van der Waals surface area (Å²) >= 11 is 0. The second-order valence-corrected chi connectivity index (χ2v) is 8.85. The molecular weight excluding hydrogens is 440 g/mol. The van der Waals surface area contributed by atoms with Crippen LogP contribution in [0.25, 0.3) is 11.3 Å². The quantitative estimate of drug-likeness (QED) is 0.512. The Morgan fingerprint density at radius 1 is 0.943 bits per heavy atom. The number of amides is 2. The zero-order valence-electron chi connectivity index (χ0n) is 19.8. The van der Waals surface area contributed by atoms with Crippen LogP contribution in [-0.2, 0) is 13.0 Å². The van der Waals surface area contributed by atoms with Crippen LogP contribution < -0.4 is 21.6 Å². The van der Waals surface area contributed by atoms with E-state index >= 15 is 0 Å². The van der Waals surface area contributed by atoms with Gasteiger partial charge in [0.15, 0.2) is 0 Å². The number of anilines is 1.